The van der Waals surface area contributed by atoms with Crippen LogP contribution in [0.15, 0.2) is 0 Å². The van der Waals surface area contributed by atoms with E-state index < -0.39 is 0 Å². The van der Waals surface area contributed by atoms with Crippen molar-refractivity contribution in [2.75, 3.05) is 13.6 Å². The van der Waals surface area contributed by atoms with Gasteiger partial charge in [-0.1, -0.05) is 19.3 Å². The summed E-state index contributed by atoms with van der Waals surface area (Å²) in [6.07, 6.45) is 8.20. The molecule has 1 saturated carbocycles. The van der Waals surface area contributed by atoms with Gasteiger partial charge in [0.15, 0.2) is 0 Å². The third-order valence-corrected chi connectivity index (χ3v) is 3.30. The Morgan fingerprint density at radius 2 is 1.92 bits per heavy atom. The Balaban J connectivity index is 2.17. The van der Waals surface area contributed by atoms with E-state index in [4.69, 9.17) is 11.6 Å². The van der Waals surface area contributed by atoms with Crippen molar-refractivity contribution in [3.05, 3.63) is 0 Å². The molecule has 1 fully saturated rings. The molecule has 13 heavy (non-hydrogen) atoms. The number of rotatable bonds is 4. The Bertz CT molecular complexity index is 130. The summed E-state index contributed by atoms with van der Waals surface area (Å²) >= 11 is 5.93. The van der Waals surface area contributed by atoms with Crippen molar-refractivity contribution in [3.63, 3.8) is 0 Å². The molecule has 0 N–H and O–H groups in total. The number of nitrogens with zero attached hydrogens (tertiary/aromatic N) is 1. The summed E-state index contributed by atoms with van der Waals surface area (Å²) in [6, 6.07) is 0.837. The normalized spacial score (nSPS) is 22.2. The molecule has 0 radical (unpaired) electrons. The average Bonchev–Trinajstić information content (AvgIpc) is 2.15. The molecule has 0 saturated heterocycles. The molecule has 1 nitrogen and oxygen atoms in total. The van der Waals surface area contributed by atoms with Crippen molar-refractivity contribution in [1.29, 1.82) is 0 Å². The lowest BCUT2D eigenvalue weighted by Crippen LogP contribution is -2.34. The van der Waals surface area contributed by atoms with Gasteiger partial charge < -0.3 is 4.90 Å². The zero-order valence-corrected chi connectivity index (χ0v) is 9.69. The quantitative estimate of drug-likeness (QED) is 0.634. The highest BCUT2D eigenvalue weighted by molar-refractivity contribution is 6.20. The maximum absolute atomic E-state index is 5.93. The van der Waals surface area contributed by atoms with Gasteiger partial charge in [-0.3, -0.25) is 0 Å². The highest BCUT2D eigenvalue weighted by Crippen LogP contribution is 2.21. The number of halogens is 1. The van der Waals surface area contributed by atoms with Crippen LogP contribution < -0.4 is 0 Å². The minimum absolute atomic E-state index is 0.325. The predicted molar refractivity (Wildman–Crippen MR) is 59.4 cm³/mol. The molecule has 1 aliphatic carbocycles. The fraction of sp³-hybridized carbons (Fsp3) is 1.00. The van der Waals surface area contributed by atoms with Gasteiger partial charge in [0.25, 0.3) is 0 Å². The van der Waals surface area contributed by atoms with Gasteiger partial charge in [0, 0.05) is 11.4 Å². The molecule has 0 aliphatic heterocycles. The monoisotopic (exact) mass is 203 g/mol. The van der Waals surface area contributed by atoms with Crippen LogP contribution in [-0.4, -0.2) is 29.9 Å². The second-order valence-corrected chi connectivity index (χ2v) is 5.09. The molecule has 0 aromatic carbocycles. The summed E-state index contributed by atoms with van der Waals surface area (Å²) < 4.78 is 0. The van der Waals surface area contributed by atoms with E-state index in [1.54, 1.807) is 0 Å². The SMILES string of the molecule is CC(Cl)CCN(C)C1CCCCC1. The molecule has 0 aromatic heterocycles. The van der Waals surface area contributed by atoms with Crippen LogP contribution >= 0.6 is 11.6 Å². The predicted octanol–water partition coefficient (Wildman–Crippen LogP) is 3.27. The van der Waals surface area contributed by atoms with Gasteiger partial charge in [-0.15, -0.1) is 11.6 Å². The highest BCUT2D eigenvalue weighted by Gasteiger charge is 2.17. The lowest BCUT2D eigenvalue weighted by molar-refractivity contribution is 0.190. The maximum Gasteiger partial charge on any atom is 0.0320 e. The van der Waals surface area contributed by atoms with Crippen LogP contribution in [0.1, 0.15) is 45.4 Å². The highest BCUT2D eigenvalue weighted by atomic mass is 35.5. The fourth-order valence-corrected chi connectivity index (χ4v) is 2.18. The van der Waals surface area contributed by atoms with Crippen molar-refractivity contribution in [1.82, 2.24) is 4.90 Å². The van der Waals surface area contributed by atoms with Crippen molar-refractivity contribution in [2.24, 2.45) is 0 Å². The molecule has 1 unspecified atom stereocenters. The Kier molecular flexibility index (Phi) is 5.12. The van der Waals surface area contributed by atoms with E-state index in [2.05, 4.69) is 18.9 Å². The third kappa shape index (κ3) is 4.33. The van der Waals surface area contributed by atoms with Gasteiger partial charge in [-0.05, 0) is 39.8 Å². The minimum atomic E-state index is 0.325. The van der Waals surface area contributed by atoms with Crippen LogP contribution in [0, 0.1) is 0 Å². The summed E-state index contributed by atoms with van der Waals surface area (Å²) in [5.41, 5.74) is 0. The first kappa shape index (κ1) is 11.3. The number of alkyl halides is 1. The summed E-state index contributed by atoms with van der Waals surface area (Å²) in [6.45, 7) is 3.24. The summed E-state index contributed by atoms with van der Waals surface area (Å²) in [5.74, 6) is 0. The molecule has 0 heterocycles. The fourth-order valence-electron chi connectivity index (χ4n) is 2.09. The van der Waals surface area contributed by atoms with Crippen LogP contribution in [0.25, 0.3) is 0 Å². The zero-order valence-electron chi connectivity index (χ0n) is 8.93. The lowest BCUT2D eigenvalue weighted by Gasteiger charge is -2.31. The van der Waals surface area contributed by atoms with Gasteiger partial charge in [0.1, 0.15) is 0 Å². The van der Waals surface area contributed by atoms with Crippen molar-refractivity contribution in [3.8, 4) is 0 Å². The second-order valence-electron chi connectivity index (χ2n) is 4.34. The van der Waals surface area contributed by atoms with Crippen molar-refractivity contribution < 1.29 is 0 Å². The molecular weight excluding hydrogens is 182 g/mol. The Morgan fingerprint density at radius 3 is 2.46 bits per heavy atom. The molecule has 0 spiro atoms. The van der Waals surface area contributed by atoms with E-state index >= 15 is 0 Å². The first-order valence-corrected chi connectivity index (χ1v) is 5.98. The summed E-state index contributed by atoms with van der Waals surface area (Å²) in [5, 5.41) is 0.325. The molecule has 1 atom stereocenters. The Hall–Kier alpha value is 0.250. The summed E-state index contributed by atoms with van der Waals surface area (Å²) in [4.78, 5) is 2.50. The smallest absolute Gasteiger partial charge is 0.0320 e. The third-order valence-electron chi connectivity index (χ3n) is 3.08. The van der Waals surface area contributed by atoms with Crippen molar-refractivity contribution in [2.45, 2.75) is 56.9 Å². The topological polar surface area (TPSA) is 3.24 Å². The maximum atomic E-state index is 5.93. The van der Waals surface area contributed by atoms with Crippen LogP contribution in [0.2, 0.25) is 0 Å². The second kappa shape index (κ2) is 5.87. The zero-order chi connectivity index (χ0) is 9.68. The van der Waals surface area contributed by atoms with E-state index in [-0.39, 0.29) is 0 Å². The van der Waals surface area contributed by atoms with Gasteiger partial charge in [0.05, 0.1) is 0 Å². The molecule has 1 aliphatic rings. The lowest BCUT2D eigenvalue weighted by atomic mass is 9.94. The van der Waals surface area contributed by atoms with Crippen molar-refractivity contribution >= 4 is 11.6 Å². The van der Waals surface area contributed by atoms with Crippen LogP contribution in [0.5, 0.6) is 0 Å². The Morgan fingerprint density at radius 1 is 1.31 bits per heavy atom. The first-order chi connectivity index (χ1) is 6.20. The van der Waals surface area contributed by atoms with E-state index in [0.29, 0.717) is 5.38 Å². The van der Waals surface area contributed by atoms with E-state index in [0.717, 1.165) is 19.0 Å². The number of hydrogen-bond acceptors (Lipinski definition) is 1. The van der Waals surface area contributed by atoms with Gasteiger partial charge >= 0.3 is 0 Å². The van der Waals surface area contributed by atoms with Gasteiger partial charge in [-0.2, -0.15) is 0 Å². The van der Waals surface area contributed by atoms with E-state index in [9.17, 15) is 0 Å². The molecular formula is C11H22ClN. The minimum Gasteiger partial charge on any atom is -0.303 e. The van der Waals surface area contributed by atoms with E-state index in [1.165, 1.54) is 32.1 Å². The molecule has 0 amide bonds. The molecule has 0 aromatic rings. The Labute approximate surface area is 87.4 Å². The van der Waals surface area contributed by atoms with Crippen LogP contribution in [0.3, 0.4) is 0 Å². The standard InChI is InChI=1S/C11H22ClN/c1-10(12)8-9-13(2)11-6-4-3-5-7-11/h10-11H,3-9H2,1-2H3. The molecule has 1 rings (SSSR count). The van der Waals surface area contributed by atoms with Crippen LogP contribution in [-0.2, 0) is 0 Å². The summed E-state index contributed by atoms with van der Waals surface area (Å²) in [7, 11) is 2.25. The van der Waals surface area contributed by atoms with E-state index in [1.807, 2.05) is 0 Å². The van der Waals surface area contributed by atoms with Gasteiger partial charge in [0.2, 0.25) is 0 Å². The van der Waals surface area contributed by atoms with Crippen LogP contribution in [0.4, 0.5) is 0 Å². The molecule has 0 bridgehead atoms. The first-order valence-electron chi connectivity index (χ1n) is 5.54. The molecule has 2 heteroatoms. The number of hydrogen-bond donors (Lipinski definition) is 0. The largest absolute Gasteiger partial charge is 0.303 e. The average molecular weight is 204 g/mol. The molecule has 78 valence electrons. The van der Waals surface area contributed by atoms with Gasteiger partial charge in [-0.25, -0.2) is 0 Å².